The van der Waals surface area contributed by atoms with Crippen LogP contribution in [0, 0.1) is 6.92 Å². The van der Waals surface area contributed by atoms with Crippen molar-refractivity contribution in [3.63, 3.8) is 0 Å². The zero-order valence-electron chi connectivity index (χ0n) is 21.7. The molecular weight excluding hydrogens is 468 g/mol. The van der Waals surface area contributed by atoms with E-state index in [9.17, 15) is 9.90 Å². The number of ether oxygens (including phenoxy) is 3. The van der Waals surface area contributed by atoms with Gasteiger partial charge in [-0.1, -0.05) is 18.2 Å². The van der Waals surface area contributed by atoms with Crippen molar-refractivity contribution >= 4 is 16.9 Å². The minimum atomic E-state index is -0.947. The number of hydrogen-bond acceptors (Lipinski definition) is 5. The second kappa shape index (κ2) is 11.4. The van der Waals surface area contributed by atoms with Gasteiger partial charge in [0.2, 0.25) is 0 Å². The highest BCUT2D eigenvalue weighted by molar-refractivity contribution is 5.89. The molecule has 0 unspecified atom stereocenters. The zero-order chi connectivity index (χ0) is 25.8. The van der Waals surface area contributed by atoms with Crippen LogP contribution in [0.3, 0.4) is 0 Å². The number of nitrogens with one attached hydrogen (secondary N) is 1. The molecule has 2 aliphatic rings. The Bertz CT molecular complexity index is 1280. The number of carboxylic acid groups (broad SMARTS) is 1. The number of nitrogens with zero attached hydrogens (tertiary/aromatic N) is 1. The maximum absolute atomic E-state index is 11.8. The summed E-state index contributed by atoms with van der Waals surface area (Å²) < 4.78 is 18.4. The zero-order valence-corrected chi connectivity index (χ0v) is 21.7. The Labute approximate surface area is 218 Å². The number of aryl methyl sites for hydroxylation is 1. The van der Waals surface area contributed by atoms with E-state index in [0.717, 1.165) is 66.6 Å². The predicted molar refractivity (Wildman–Crippen MR) is 144 cm³/mol. The van der Waals surface area contributed by atoms with E-state index in [1.807, 2.05) is 12.3 Å². The normalized spacial score (nSPS) is 22.0. The van der Waals surface area contributed by atoms with Crippen molar-refractivity contribution in [3.8, 4) is 11.5 Å². The number of methoxy groups -OCH3 is 1. The maximum atomic E-state index is 11.8. The van der Waals surface area contributed by atoms with Crippen molar-refractivity contribution in [1.82, 2.24) is 9.88 Å². The van der Waals surface area contributed by atoms with Gasteiger partial charge in [-0.3, -0.25) is 4.90 Å². The van der Waals surface area contributed by atoms with Gasteiger partial charge in [-0.05, 0) is 68.9 Å². The highest BCUT2D eigenvalue weighted by atomic mass is 16.5. The number of rotatable bonds is 4. The Balaban J connectivity index is 1.54. The number of fused-ring (bicyclic) bond motifs is 5. The van der Waals surface area contributed by atoms with Gasteiger partial charge in [0, 0.05) is 47.4 Å². The summed E-state index contributed by atoms with van der Waals surface area (Å²) in [5.41, 5.74) is 4.69. The first kappa shape index (κ1) is 25.4. The summed E-state index contributed by atoms with van der Waals surface area (Å²) in [6.45, 7) is 4.83. The van der Waals surface area contributed by atoms with Crippen molar-refractivity contribution < 1.29 is 24.1 Å². The first-order valence-corrected chi connectivity index (χ1v) is 13.2. The van der Waals surface area contributed by atoms with Crippen molar-refractivity contribution in [3.05, 3.63) is 70.9 Å². The van der Waals surface area contributed by atoms with Crippen LogP contribution in [0.5, 0.6) is 11.5 Å². The first-order valence-electron chi connectivity index (χ1n) is 13.2. The molecule has 1 fully saturated rings. The smallest absolute Gasteiger partial charge is 0.335 e. The van der Waals surface area contributed by atoms with Crippen molar-refractivity contribution in [2.24, 2.45) is 0 Å². The van der Waals surface area contributed by atoms with Gasteiger partial charge in [-0.25, -0.2) is 4.79 Å². The molecule has 196 valence electrons. The Morgan fingerprint density at radius 1 is 1.22 bits per heavy atom. The first-order chi connectivity index (χ1) is 18.0. The minimum absolute atomic E-state index is 0.0171. The van der Waals surface area contributed by atoms with Crippen LogP contribution in [-0.4, -0.2) is 53.9 Å². The van der Waals surface area contributed by atoms with Crippen LogP contribution in [0.1, 0.15) is 65.2 Å². The molecule has 3 heterocycles. The number of allylic oxidation sites excluding steroid dienone is 1. The number of piperidine rings is 1. The Hall–Kier alpha value is -3.29. The Kier molecular flexibility index (Phi) is 7.82. The van der Waals surface area contributed by atoms with Gasteiger partial charge in [0.15, 0.2) is 0 Å². The SMILES string of the molecule is COc1cc(C)c2[nH]ccc2c1CN1CC[C@H]2C[C@H]1c1ccc(C(=O)O)cc1OCCCC/C=C\CO2. The molecule has 0 spiro atoms. The lowest BCUT2D eigenvalue weighted by molar-refractivity contribution is -0.00849. The number of hydrogen-bond donors (Lipinski definition) is 2. The van der Waals surface area contributed by atoms with Gasteiger partial charge in [-0.2, -0.15) is 0 Å². The van der Waals surface area contributed by atoms with E-state index in [2.05, 4.69) is 41.1 Å². The summed E-state index contributed by atoms with van der Waals surface area (Å²) >= 11 is 0. The number of H-pyrrole nitrogens is 1. The van der Waals surface area contributed by atoms with E-state index >= 15 is 0 Å². The predicted octanol–water partition coefficient (Wildman–Crippen LogP) is 6.02. The molecule has 2 bridgehead atoms. The number of aromatic amines is 1. The molecule has 2 N–H and O–H groups in total. The third-order valence-electron chi connectivity index (χ3n) is 7.59. The largest absolute Gasteiger partial charge is 0.496 e. The van der Waals surface area contributed by atoms with Gasteiger partial charge < -0.3 is 24.3 Å². The number of benzene rings is 2. The lowest BCUT2D eigenvalue weighted by atomic mass is 9.90. The molecule has 37 heavy (non-hydrogen) atoms. The average Bonchev–Trinajstić information content (AvgIpc) is 3.40. The molecule has 0 radical (unpaired) electrons. The van der Waals surface area contributed by atoms with Gasteiger partial charge >= 0.3 is 5.97 Å². The van der Waals surface area contributed by atoms with E-state index in [4.69, 9.17) is 14.2 Å². The average molecular weight is 505 g/mol. The lowest BCUT2D eigenvalue weighted by Crippen LogP contribution is -2.39. The summed E-state index contributed by atoms with van der Waals surface area (Å²) in [6.07, 6.45) is 11.1. The van der Waals surface area contributed by atoms with Gasteiger partial charge in [-0.15, -0.1) is 0 Å². The van der Waals surface area contributed by atoms with Crippen LogP contribution in [0.4, 0.5) is 0 Å². The van der Waals surface area contributed by atoms with Crippen LogP contribution in [0.25, 0.3) is 10.9 Å². The monoisotopic (exact) mass is 504 g/mol. The quantitative estimate of drug-likeness (QED) is 0.423. The summed E-state index contributed by atoms with van der Waals surface area (Å²) in [6, 6.07) is 9.54. The van der Waals surface area contributed by atoms with E-state index in [1.165, 1.54) is 5.39 Å². The molecule has 0 amide bonds. The molecule has 3 aromatic rings. The number of carboxylic acids is 1. The van der Waals surface area contributed by atoms with Crippen molar-refractivity contribution in [2.45, 2.75) is 57.7 Å². The summed E-state index contributed by atoms with van der Waals surface area (Å²) in [5, 5.41) is 10.8. The van der Waals surface area contributed by atoms with Crippen LogP contribution < -0.4 is 9.47 Å². The third kappa shape index (κ3) is 5.53. The molecule has 5 rings (SSSR count). The molecule has 2 atom stereocenters. The molecule has 7 heteroatoms. The summed E-state index contributed by atoms with van der Waals surface area (Å²) in [4.78, 5) is 17.6. The molecule has 1 saturated heterocycles. The topological polar surface area (TPSA) is 84.0 Å². The van der Waals surface area contributed by atoms with E-state index < -0.39 is 5.97 Å². The van der Waals surface area contributed by atoms with Crippen LogP contribution in [0.2, 0.25) is 0 Å². The second-order valence-corrected chi connectivity index (χ2v) is 9.98. The van der Waals surface area contributed by atoms with Crippen molar-refractivity contribution in [2.75, 3.05) is 26.9 Å². The molecule has 0 saturated carbocycles. The molecular formula is C30H36N2O5. The molecule has 7 nitrogen and oxygen atoms in total. The second-order valence-electron chi connectivity index (χ2n) is 9.98. The Morgan fingerprint density at radius 3 is 2.95 bits per heavy atom. The fourth-order valence-corrected chi connectivity index (χ4v) is 5.62. The number of likely N-dealkylation sites (tertiary alicyclic amines) is 1. The van der Waals surface area contributed by atoms with Crippen molar-refractivity contribution in [1.29, 1.82) is 0 Å². The fraction of sp³-hybridized carbons (Fsp3) is 0.433. The summed E-state index contributed by atoms with van der Waals surface area (Å²) in [7, 11) is 1.72. The third-order valence-corrected chi connectivity index (χ3v) is 7.59. The molecule has 2 aromatic carbocycles. The van der Waals surface area contributed by atoms with Gasteiger partial charge in [0.25, 0.3) is 0 Å². The number of aromatic carboxylic acids is 1. The fourth-order valence-electron chi connectivity index (χ4n) is 5.62. The lowest BCUT2D eigenvalue weighted by Gasteiger charge is -2.40. The molecule has 0 aliphatic carbocycles. The highest BCUT2D eigenvalue weighted by Crippen LogP contribution is 2.41. The summed E-state index contributed by atoms with van der Waals surface area (Å²) in [5.74, 6) is 0.592. The molecule has 2 aliphatic heterocycles. The van der Waals surface area contributed by atoms with Crippen LogP contribution in [0.15, 0.2) is 48.7 Å². The highest BCUT2D eigenvalue weighted by Gasteiger charge is 2.33. The number of carbonyl (C=O) groups is 1. The van der Waals surface area contributed by atoms with Gasteiger partial charge in [0.05, 0.1) is 32.0 Å². The van der Waals surface area contributed by atoms with E-state index in [1.54, 1.807) is 19.2 Å². The molecule has 1 aromatic heterocycles. The van der Waals surface area contributed by atoms with Crippen LogP contribution in [-0.2, 0) is 11.3 Å². The van der Waals surface area contributed by atoms with Gasteiger partial charge in [0.1, 0.15) is 11.5 Å². The van der Waals surface area contributed by atoms with E-state index in [-0.39, 0.29) is 17.7 Å². The standard InChI is InChI=1S/C30H36N2O5/c1-20-16-27(35-2)25(23-10-12-31-29(20)23)19-32-13-11-22-18-26(32)24-9-8-21(30(33)34)17-28(24)37-15-7-5-3-4-6-14-36-22/h4,6,8-10,12,16-17,22,26,31H,3,5,7,11,13-15,18-19H2,1-2H3,(H,33,34)/b6-4-/t22-,26-/m0/s1. The maximum Gasteiger partial charge on any atom is 0.335 e. The van der Waals surface area contributed by atoms with Crippen LogP contribution >= 0.6 is 0 Å². The number of aromatic nitrogens is 1. The Morgan fingerprint density at radius 2 is 2.11 bits per heavy atom. The van der Waals surface area contributed by atoms with E-state index in [0.29, 0.717) is 25.5 Å². The minimum Gasteiger partial charge on any atom is -0.496 e.